The Labute approximate surface area is 98.8 Å². The summed E-state index contributed by atoms with van der Waals surface area (Å²) in [6.45, 7) is 2.70. The van der Waals surface area contributed by atoms with Gasteiger partial charge in [0.25, 0.3) is 0 Å². The molecule has 0 radical (unpaired) electrons. The van der Waals surface area contributed by atoms with Gasteiger partial charge in [-0.2, -0.15) is 11.8 Å². The molecule has 1 heterocycles. The van der Waals surface area contributed by atoms with Crippen molar-refractivity contribution in [3.63, 3.8) is 0 Å². The van der Waals surface area contributed by atoms with Gasteiger partial charge in [-0.15, -0.1) is 0 Å². The van der Waals surface area contributed by atoms with Crippen LogP contribution in [0.5, 0.6) is 0 Å². The van der Waals surface area contributed by atoms with E-state index in [1.54, 1.807) is 6.07 Å². The van der Waals surface area contributed by atoms with Gasteiger partial charge in [-0.3, -0.25) is 9.69 Å². The highest BCUT2D eigenvalue weighted by molar-refractivity contribution is 7.99. The summed E-state index contributed by atoms with van der Waals surface area (Å²) in [4.78, 5) is 13.1. The smallest absolute Gasteiger partial charge is 0.150 e. The fourth-order valence-electron chi connectivity index (χ4n) is 1.83. The van der Waals surface area contributed by atoms with E-state index in [9.17, 15) is 9.18 Å². The lowest BCUT2D eigenvalue weighted by molar-refractivity contribution is 0.112. The number of rotatable bonds is 3. The third-order valence-corrected chi connectivity index (χ3v) is 3.67. The van der Waals surface area contributed by atoms with Crippen molar-refractivity contribution in [2.24, 2.45) is 0 Å². The maximum absolute atomic E-state index is 13.1. The van der Waals surface area contributed by atoms with Crippen LogP contribution in [-0.2, 0) is 6.54 Å². The maximum atomic E-state index is 13.1. The fourth-order valence-corrected chi connectivity index (χ4v) is 2.81. The Bertz CT molecular complexity index is 377. The van der Waals surface area contributed by atoms with E-state index in [1.165, 1.54) is 12.1 Å². The number of aldehydes is 1. The van der Waals surface area contributed by atoms with E-state index in [0.29, 0.717) is 12.1 Å². The Morgan fingerprint density at radius 2 is 2.12 bits per heavy atom. The molecule has 0 amide bonds. The molecule has 0 bridgehead atoms. The molecule has 0 aromatic heterocycles. The number of thioether (sulfide) groups is 1. The predicted octanol–water partition coefficient (Wildman–Crippen LogP) is 2.19. The molecule has 1 aliphatic rings. The Morgan fingerprint density at radius 1 is 1.38 bits per heavy atom. The average molecular weight is 239 g/mol. The van der Waals surface area contributed by atoms with E-state index in [-0.39, 0.29) is 5.82 Å². The number of hydrogen-bond acceptors (Lipinski definition) is 3. The van der Waals surface area contributed by atoms with Gasteiger partial charge in [0.05, 0.1) is 0 Å². The highest BCUT2D eigenvalue weighted by atomic mass is 32.2. The summed E-state index contributed by atoms with van der Waals surface area (Å²) in [6, 6.07) is 4.35. The molecule has 0 aliphatic carbocycles. The summed E-state index contributed by atoms with van der Waals surface area (Å²) >= 11 is 1.94. The van der Waals surface area contributed by atoms with Crippen LogP contribution < -0.4 is 0 Å². The number of halogens is 1. The molecule has 1 fully saturated rings. The summed E-state index contributed by atoms with van der Waals surface area (Å²) in [6.07, 6.45) is 0.799. The monoisotopic (exact) mass is 239 g/mol. The predicted molar refractivity (Wildman–Crippen MR) is 64.4 cm³/mol. The molecule has 0 saturated carbocycles. The molecule has 16 heavy (non-hydrogen) atoms. The van der Waals surface area contributed by atoms with Gasteiger partial charge in [0.15, 0.2) is 0 Å². The normalized spacial score (nSPS) is 17.3. The highest BCUT2D eigenvalue weighted by Crippen LogP contribution is 2.16. The van der Waals surface area contributed by atoms with Gasteiger partial charge in [0.2, 0.25) is 0 Å². The molecular weight excluding hydrogens is 225 g/mol. The van der Waals surface area contributed by atoms with Crippen LogP contribution in [0.2, 0.25) is 0 Å². The van der Waals surface area contributed by atoms with Crippen molar-refractivity contribution in [3.05, 3.63) is 35.1 Å². The van der Waals surface area contributed by atoms with Gasteiger partial charge in [-0.05, 0) is 23.8 Å². The first-order chi connectivity index (χ1) is 7.79. The van der Waals surface area contributed by atoms with Crippen molar-refractivity contribution in [1.29, 1.82) is 0 Å². The Kier molecular flexibility index (Phi) is 3.96. The molecule has 0 N–H and O–H groups in total. The Balaban J connectivity index is 2.12. The molecule has 86 valence electrons. The molecule has 2 nitrogen and oxygen atoms in total. The van der Waals surface area contributed by atoms with Crippen molar-refractivity contribution in [1.82, 2.24) is 4.90 Å². The third kappa shape index (κ3) is 2.83. The topological polar surface area (TPSA) is 20.3 Å². The number of carbonyl (C=O) groups is 1. The third-order valence-electron chi connectivity index (χ3n) is 2.73. The van der Waals surface area contributed by atoms with Crippen LogP contribution in [0.25, 0.3) is 0 Å². The van der Waals surface area contributed by atoms with Gasteiger partial charge in [0, 0.05) is 36.7 Å². The van der Waals surface area contributed by atoms with Crippen molar-refractivity contribution < 1.29 is 9.18 Å². The summed E-state index contributed by atoms with van der Waals surface area (Å²) < 4.78 is 13.1. The molecule has 4 heteroatoms. The minimum atomic E-state index is -0.271. The van der Waals surface area contributed by atoms with Gasteiger partial charge >= 0.3 is 0 Å². The van der Waals surface area contributed by atoms with Gasteiger partial charge in [0.1, 0.15) is 12.1 Å². The van der Waals surface area contributed by atoms with Crippen LogP contribution in [0, 0.1) is 5.82 Å². The largest absolute Gasteiger partial charge is 0.298 e. The Hall–Kier alpha value is -0.870. The maximum Gasteiger partial charge on any atom is 0.150 e. The van der Waals surface area contributed by atoms with Gasteiger partial charge < -0.3 is 0 Å². The van der Waals surface area contributed by atoms with Crippen LogP contribution in [0.1, 0.15) is 15.9 Å². The minimum absolute atomic E-state index is 0.271. The number of nitrogens with zero attached hydrogens (tertiary/aromatic N) is 1. The first-order valence-corrected chi connectivity index (χ1v) is 6.49. The Morgan fingerprint density at radius 3 is 2.81 bits per heavy atom. The lowest BCUT2D eigenvalue weighted by Gasteiger charge is -2.26. The molecule has 1 saturated heterocycles. The first kappa shape index (κ1) is 11.6. The SMILES string of the molecule is O=Cc1ccc(F)cc1CN1CCSCC1. The average Bonchev–Trinajstić information content (AvgIpc) is 2.31. The molecule has 1 aromatic rings. The molecule has 0 spiro atoms. The number of benzene rings is 1. The standard InChI is InChI=1S/C12H14FNOS/c13-12-2-1-10(9-15)11(7-12)8-14-3-5-16-6-4-14/h1-2,7,9H,3-6,8H2. The van der Waals surface area contributed by atoms with Crippen molar-refractivity contribution in [2.45, 2.75) is 6.54 Å². The second-order valence-electron chi connectivity index (χ2n) is 3.85. The van der Waals surface area contributed by atoms with Crippen LogP contribution in [0.15, 0.2) is 18.2 Å². The van der Waals surface area contributed by atoms with Crippen molar-refractivity contribution in [2.75, 3.05) is 24.6 Å². The summed E-state index contributed by atoms with van der Waals surface area (Å²) in [7, 11) is 0. The quantitative estimate of drug-likeness (QED) is 0.754. The summed E-state index contributed by atoms with van der Waals surface area (Å²) in [5.41, 5.74) is 1.39. The lowest BCUT2D eigenvalue weighted by atomic mass is 10.1. The molecular formula is C12H14FNOS. The molecule has 2 rings (SSSR count). The zero-order chi connectivity index (χ0) is 11.4. The fraction of sp³-hybridized carbons (Fsp3) is 0.417. The minimum Gasteiger partial charge on any atom is -0.298 e. The van der Waals surface area contributed by atoms with Crippen LogP contribution >= 0.6 is 11.8 Å². The molecule has 0 unspecified atom stereocenters. The van der Waals surface area contributed by atoms with Gasteiger partial charge in [-0.1, -0.05) is 0 Å². The van der Waals surface area contributed by atoms with Crippen molar-refractivity contribution in [3.8, 4) is 0 Å². The van der Waals surface area contributed by atoms with Crippen LogP contribution in [0.3, 0.4) is 0 Å². The van der Waals surface area contributed by atoms with Crippen LogP contribution in [0.4, 0.5) is 4.39 Å². The van der Waals surface area contributed by atoms with E-state index in [1.807, 2.05) is 11.8 Å². The van der Waals surface area contributed by atoms with Crippen LogP contribution in [-0.4, -0.2) is 35.8 Å². The number of carbonyl (C=O) groups excluding carboxylic acids is 1. The lowest BCUT2D eigenvalue weighted by Crippen LogP contribution is -2.32. The second kappa shape index (κ2) is 5.46. The highest BCUT2D eigenvalue weighted by Gasteiger charge is 2.13. The molecule has 0 atom stereocenters. The molecule has 1 aliphatic heterocycles. The first-order valence-electron chi connectivity index (χ1n) is 5.33. The zero-order valence-electron chi connectivity index (χ0n) is 8.99. The van der Waals surface area contributed by atoms with E-state index < -0.39 is 0 Å². The second-order valence-corrected chi connectivity index (χ2v) is 5.07. The van der Waals surface area contributed by atoms with Gasteiger partial charge in [-0.25, -0.2) is 4.39 Å². The van der Waals surface area contributed by atoms with E-state index >= 15 is 0 Å². The van der Waals surface area contributed by atoms with E-state index in [4.69, 9.17) is 0 Å². The zero-order valence-corrected chi connectivity index (χ0v) is 9.80. The summed E-state index contributed by atoms with van der Waals surface area (Å²) in [5.74, 6) is 1.96. The number of hydrogen-bond donors (Lipinski definition) is 0. The summed E-state index contributed by atoms with van der Waals surface area (Å²) in [5, 5.41) is 0. The molecule has 1 aromatic carbocycles. The van der Waals surface area contributed by atoms with E-state index in [0.717, 1.165) is 36.4 Å². The van der Waals surface area contributed by atoms with E-state index in [2.05, 4.69) is 4.90 Å². The van der Waals surface area contributed by atoms with Crippen molar-refractivity contribution >= 4 is 18.0 Å².